The summed E-state index contributed by atoms with van der Waals surface area (Å²) in [6.45, 7) is 7.58. The van der Waals surface area contributed by atoms with E-state index in [9.17, 15) is 4.79 Å². The number of nitrogens with one attached hydrogen (secondary N) is 1. The molecular weight excluding hydrogens is 560 g/mol. The predicted molar refractivity (Wildman–Crippen MR) is 163 cm³/mol. The zero-order chi connectivity index (χ0) is 27.3. The molecule has 1 aliphatic heterocycles. The normalized spacial score (nSPS) is 14.6. The highest BCUT2D eigenvalue weighted by Crippen LogP contribution is 2.32. The van der Waals surface area contributed by atoms with E-state index >= 15 is 0 Å². The molecule has 8 heteroatoms. The minimum atomic E-state index is -0.229. The van der Waals surface area contributed by atoms with Gasteiger partial charge in [-0.3, -0.25) is 4.79 Å². The summed E-state index contributed by atoms with van der Waals surface area (Å²) in [4.78, 5) is 24.1. The Morgan fingerprint density at radius 3 is 2.61 bits per heavy atom. The molecule has 204 valence electrons. The van der Waals surface area contributed by atoms with Gasteiger partial charge in [-0.1, -0.05) is 70.4 Å². The quantitative estimate of drug-likeness (QED) is 0.241. The number of aromatic nitrogens is 2. The van der Waals surface area contributed by atoms with E-state index in [1.807, 2.05) is 37.3 Å². The Labute approximate surface area is 240 Å². The molecule has 0 aliphatic carbocycles. The molecular formula is C30H39BrN4O2S. The maximum atomic E-state index is 12.1. The summed E-state index contributed by atoms with van der Waals surface area (Å²) in [6.07, 6.45) is 6.70. The van der Waals surface area contributed by atoms with Crippen LogP contribution in [0.4, 0.5) is 11.6 Å². The van der Waals surface area contributed by atoms with Crippen LogP contribution in [0.5, 0.6) is 0 Å². The second-order valence-corrected chi connectivity index (χ2v) is 11.1. The zero-order valence-corrected chi connectivity index (χ0v) is 25.3. The Bertz CT molecular complexity index is 1180. The highest BCUT2D eigenvalue weighted by molar-refractivity contribution is 9.10. The number of carbonyl (C=O) groups is 1. The van der Waals surface area contributed by atoms with E-state index in [0.29, 0.717) is 6.54 Å². The molecule has 1 atom stereocenters. The molecule has 1 aliphatic rings. The lowest BCUT2D eigenvalue weighted by Crippen LogP contribution is -2.34. The molecule has 1 unspecified atom stereocenters. The summed E-state index contributed by atoms with van der Waals surface area (Å²) >= 11 is 5.14. The number of esters is 1. The van der Waals surface area contributed by atoms with E-state index in [0.717, 1.165) is 65.5 Å². The summed E-state index contributed by atoms with van der Waals surface area (Å²) in [7, 11) is 1.44. The summed E-state index contributed by atoms with van der Waals surface area (Å²) in [6, 6.07) is 18.5. The van der Waals surface area contributed by atoms with Gasteiger partial charge in [0.25, 0.3) is 0 Å². The van der Waals surface area contributed by atoms with Gasteiger partial charge < -0.3 is 14.4 Å². The third-order valence-corrected chi connectivity index (χ3v) is 7.52. The van der Waals surface area contributed by atoms with Crippen LogP contribution >= 0.6 is 27.9 Å². The summed E-state index contributed by atoms with van der Waals surface area (Å²) in [5, 5.41) is 0.842. The third kappa shape index (κ3) is 8.73. The van der Waals surface area contributed by atoms with Crippen molar-refractivity contribution in [1.29, 1.82) is 0 Å². The lowest BCUT2D eigenvalue weighted by atomic mass is 9.98. The van der Waals surface area contributed by atoms with Crippen LogP contribution in [0.2, 0.25) is 0 Å². The molecule has 0 spiro atoms. The van der Waals surface area contributed by atoms with Crippen molar-refractivity contribution in [2.45, 2.75) is 64.3 Å². The van der Waals surface area contributed by atoms with Gasteiger partial charge in [0, 0.05) is 35.1 Å². The Balaban J connectivity index is 0.00000127. The number of halogens is 1. The molecule has 4 rings (SSSR count). The van der Waals surface area contributed by atoms with Crippen LogP contribution in [0, 0.1) is 5.92 Å². The van der Waals surface area contributed by atoms with Crippen molar-refractivity contribution < 1.29 is 9.53 Å². The van der Waals surface area contributed by atoms with Gasteiger partial charge in [-0.25, -0.2) is 9.97 Å². The second kappa shape index (κ2) is 15.7. The smallest absolute Gasteiger partial charge is 0.310 e. The van der Waals surface area contributed by atoms with Crippen LogP contribution in [0.3, 0.4) is 0 Å². The van der Waals surface area contributed by atoms with E-state index in [-0.39, 0.29) is 11.9 Å². The van der Waals surface area contributed by atoms with Crippen molar-refractivity contribution in [2.24, 2.45) is 5.92 Å². The number of methoxy groups -OCH3 is 1. The van der Waals surface area contributed by atoms with Crippen LogP contribution in [-0.2, 0) is 16.0 Å². The highest BCUT2D eigenvalue weighted by Gasteiger charge is 2.19. The molecule has 38 heavy (non-hydrogen) atoms. The monoisotopic (exact) mass is 598 g/mol. The molecule has 0 saturated heterocycles. The average molecular weight is 600 g/mol. The number of nitrogens with zero attached hydrogens (tertiary/aromatic N) is 3. The van der Waals surface area contributed by atoms with Crippen LogP contribution in [0.25, 0.3) is 11.3 Å². The Morgan fingerprint density at radius 2 is 1.82 bits per heavy atom. The van der Waals surface area contributed by atoms with E-state index in [4.69, 9.17) is 14.7 Å². The molecule has 0 fully saturated rings. The zero-order valence-electron chi connectivity index (χ0n) is 22.9. The Hall–Kier alpha value is -2.58. The van der Waals surface area contributed by atoms with E-state index < -0.39 is 0 Å². The van der Waals surface area contributed by atoms with Crippen LogP contribution < -0.4 is 9.62 Å². The molecule has 0 amide bonds. The van der Waals surface area contributed by atoms with Crippen molar-refractivity contribution in [3.05, 3.63) is 64.6 Å². The minimum Gasteiger partial charge on any atom is -0.469 e. The number of hydrogen-bond acceptors (Lipinski definition) is 7. The van der Waals surface area contributed by atoms with E-state index in [1.165, 1.54) is 36.6 Å². The first-order valence-corrected chi connectivity index (χ1v) is 15.0. The fourth-order valence-corrected chi connectivity index (χ4v) is 5.32. The standard InChI is InChI=1S/C27H31BrN4O2S.C3H8/c1-19(27(33)34-2)18-32-17-8-4-3-5-10-20-11-6-7-12-21(20)26-22(28)15-16-23(29-26)31-35-25-14-9-13-24(32)30-25;1-3-2/h6-7,9,11-16,19H,3-5,8,10,17-18H2,1-2H3,(H,29,31);3H2,1-2H3. The van der Waals surface area contributed by atoms with Crippen molar-refractivity contribution in [1.82, 2.24) is 9.97 Å². The summed E-state index contributed by atoms with van der Waals surface area (Å²) in [5.74, 6) is 1.22. The molecule has 0 saturated carbocycles. The fraction of sp³-hybridized carbons (Fsp3) is 0.433. The van der Waals surface area contributed by atoms with Crippen LogP contribution in [0.1, 0.15) is 58.4 Å². The Morgan fingerprint density at radius 1 is 1.05 bits per heavy atom. The molecule has 4 bridgehead atoms. The molecule has 1 aromatic carbocycles. The number of aryl methyl sites for hydroxylation is 1. The second-order valence-electron chi connectivity index (χ2n) is 9.46. The summed E-state index contributed by atoms with van der Waals surface area (Å²) < 4.78 is 9.30. The molecule has 3 aromatic rings. The maximum absolute atomic E-state index is 12.1. The number of fused-ring (bicyclic) bond motifs is 6. The average Bonchev–Trinajstić information content (AvgIpc) is 2.93. The number of anilines is 2. The number of carbonyl (C=O) groups excluding carboxylic acids is 1. The van der Waals surface area contributed by atoms with Gasteiger partial charge in [0.15, 0.2) is 0 Å². The SMILES string of the molecule is CCC.COC(=O)C(C)CN1CCCCCCc2ccccc2-c2nc(ccc2Br)NSc2cccc1n2. The lowest BCUT2D eigenvalue weighted by molar-refractivity contribution is -0.144. The number of pyridine rings is 2. The van der Waals surface area contributed by atoms with Gasteiger partial charge in [-0.15, -0.1) is 0 Å². The third-order valence-electron chi connectivity index (χ3n) is 6.13. The largest absolute Gasteiger partial charge is 0.469 e. The van der Waals surface area contributed by atoms with Crippen molar-refractivity contribution in [3.8, 4) is 11.3 Å². The predicted octanol–water partition coefficient (Wildman–Crippen LogP) is 8.17. The first-order valence-electron chi connectivity index (χ1n) is 13.4. The molecule has 2 aromatic heterocycles. The minimum absolute atomic E-state index is 0.198. The van der Waals surface area contributed by atoms with Crippen molar-refractivity contribution >= 4 is 45.5 Å². The van der Waals surface area contributed by atoms with Crippen molar-refractivity contribution in [3.63, 3.8) is 0 Å². The van der Waals surface area contributed by atoms with Crippen LogP contribution in [0.15, 0.2) is 64.1 Å². The lowest BCUT2D eigenvalue weighted by Gasteiger charge is -2.26. The van der Waals surface area contributed by atoms with Gasteiger partial charge in [0.1, 0.15) is 16.7 Å². The number of ether oxygens (including phenoxy) is 1. The molecule has 0 radical (unpaired) electrons. The van der Waals surface area contributed by atoms with Gasteiger partial charge in [-0.05, 0) is 65.0 Å². The number of hydrogen-bond donors (Lipinski definition) is 1. The first-order chi connectivity index (χ1) is 18.5. The molecule has 3 heterocycles. The van der Waals surface area contributed by atoms with Crippen molar-refractivity contribution in [2.75, 3.05) is 29.8 Å². The van der Waals surface area contributed by atoms with Crippen LogP contribution in [-0.4, -0.2) is 36.1 Å². The van der Waals surface area contributed by atoms with Gasteiger partial charge in [-0.2, -0.15) is 0 Å². The van der Waals surface area contributed by atoms with E-state index in [2.05, 4.69) is 63.7 Å². The Kier molecular flexibility index (Phi) is 12.4. The molecule has 1 N–H and O–H groups in total. The number of benzene rings is 1. The molecule has 6 nitrogen and oxygen atoms in total. The summed E-state index contributed by atoms with van der Waals surface area (Å²) in [5.41, 5.74) is 3.43. The topological polar surface area (TPSA) is 67.3 Å². The number of rotatable bonds is 3. The first kappa shape index (κ1) is 30.0. The highest BCUT2D eigenvalue weighted by atomic mass is 79.9. The van der Waals surface area contributed by atoms with Gasteiger partial charge in [0.05, 0.1) is 18.7 Å². The van der Waals surface area contributed by atoms with E-state index in [1.54, 1.807) is 0 Å². The van der Waals surface area contributed by atoms with Gasteiger partial charge in [0.2, 0.25) is 0 Å². The fourth-order valence-electron chi connectivity index (χ4n) is 4.28. The maximum Gasteiger partial charge on any atom is 0.310 e. The van der Waals surface area contributed by atoms with Gasteiger partial charge >= 0.3 is 5.97 Å².